The number of esters is 1. The third-order valence-electron chi connectivity index (χ3n) is 2.01. The molecule has 1 aliphatic heterocycles. The zero-order valence-corrected chi connectivity index (χ0v) is 8.17. The Balaban J connectivity index is 2.14. The summed E-state index contributed by atoms with van der Waals surface area (Å²) in [6.07, 6.45) is 1.45. The quantitative estimate of drug-likeness (QED) is 0.776. The Hall–Kier alpha value is -2.30. The van der Waals surface area contributed by atoms with Gasteiger partial charge in [-0.15, -0.1) is 0 Å². The maximum atomic E-state index is 11.5. The number of rotatable bonds is 4. The molecular weight excluding hydrogens is 212 g/mol. The van der Waals surface area contributed by atoms with E-state index in [9.17, 15) is 9.59 Å². The lowest BCUT2D eigenvalue weighted by Gasteiger charge is -2.04. The minimum absolute atomic E-state index is 0.0345. The molecular formula is C11H8O5. The van der Waals surface area contributed by atoms with E-state index in [0.29, 0.717) is 5.76 Å². The Labute approximate surface area is 90.9 Å². The molecule has 82 valence electrons. The highest BCUT2D eigenvalue weighted by atomic mass is 16.6. The number of carboxylic acids is 1. The molecule has 0 saturated carbocycles. The van der Waals surface area contributed by atoms with Crippen molar-refractivity contribution < 1.29 is 24.2 Å². The first-order valence-corrected chi connectivity index (χ1v) is 4.53. The van der Waals surface area contributed by atoms with Gasteiger partial charge in [-0.3, -0.25) is 0 Å². The summed E-state index contributed by atoms with van der Waals surface area (Å²) in [5.41, 5.74) is -0.0329. The normalized spacial score (nSPS) is 12.4. The Morgan fingerprint density at radius 2 is 1.88 bits per heavy atom. The van der Waals surface area contributed by atoms with E-state index in [1.165, 1.54) is 18.4 Å². The Morgan fingerprint density at radius 3 is 2.44 bits per heavy atom. The van der Waals surface area contributed by atoms with E-state index in [2.05, 4.69) is 4.74 Å². The fraction of sp³-hybridized carbons (Fsp3) is 0.0909. The van der Waals surface area contributed by atoms with E-state index in [0.717, 1.165) is 0 Å². The predicted molar refractivity (Wildman–Crippen MR) is 52.9 cm³/mol. The lowest BCUT2D eigenvalue weighted by Crippen LogP contribution is -2.11. The van der Waals surface area contributed by atoms with Gasteiger partial charge in [-0.05, 0) is 12.1 Å². The molecule has 0 atom stereocenters. The van der Waals surface area contributed by atoms with Crippen molar-refractivity contribution in [1.82, 2.24) is 0 Å². The van der Waals surface area contributed by atoms with Crippen molar-refractivity contribution >= 4 is 11.9 Å². The molecule has 0 unspecified atom stereocenters. The zero-order valence-electron chi connectivity index (χ0n) is 8.17. The van der Waals surface area contributed by atoms with Gasteiger partial charge in [0.2, 0.25) is 0 Å². The van der Waals surface area contributed by atoms with E-state index >= 15 is 0 Å². The van der Waals surface area contributed by atoms with Crippen LogP contribution >= 0.6 is 0 Å². The maximum Gasteiger partial charge on any atom is 0.339 e. The molecule has 1 N–H and O–H groups in total. The Bertz CT molecular complexity index is 475. The molecule has 0 bridgehead atoms. The van der Waals surface area contributed by atoms with Gasteiger partial charge < -0.3 is 14.6 Å². The zero-order chi connectivity index (χ0) is 11.5. The van der Waals surface area contributed by atoms with E-state index < -0.39 is 11.9 Å². The molecule has 0 aromatic heterocycles. The van der Waals surface area contributed by atoms with E-state index in [1.54, 1.807) is 12.1 Å². The summed E-state index contributed by atoms with van der Waals surface area (Å²) in [4.78, 5) is 22.4. The third kappa shape index (κ3) is 2.20. The van der Waals surface area contributed by atoms with E-state index in [1.807, 2.05) is 0 Å². The highest BCUT2D eigenvalue weighted by Gasteiger charge is 2.19. The molecule has 1 aromatic carbocycles. The van der Waals surface area contributed by atoms with E-state index in [4.69, 9.17) is 9.84 Å². The van der Waals surface area contributed by atoms with Crippen LogP contribution in [0.25, 0.3) is 0 Å². The Kier molecular flexibility index (Phi) is 2.59. The average molecular weight is 220 g/mol. The number of aromatic carboxylic acids is 1. The molecule has 0 saturated heterocycles. The lowest BCUT2D eigenvalue weighted by molar-refractivity contribution is 0.0514. The van der Waals surface area contributed by atoms with Gasteiger partial charge in [0, 0.05) is 0 Å². The molecule has 2 rings (SSSR count). The van der Waals surface area contributed by atoms with Gasteiger partial charge in [-0.1, -0.05) is 12.1 Å². The first-order valence-electron chi connectivity index (χ1n) is 4.53. The first-order chi connectivity index (χ1) is 7.68. The summed E-state index contributed by atoms with van der Waals surface area (Å²) in [6.45, 7) is 0.0345. The van der Waals surface area contributed by atoms with Gasteiger partial charge in [-0.2, -0.15) is 0 Å². The molecule has 0 radical (unpaired) electrons. The highest BCUT2D eigenvalue weighted by Crippen LogP contribution is 2.15. The molecule has 5 heteroatoms. The SMILES string of the molecule is O=C(O)c1ccccc1C(=O)OCC1=CO1. The van der Waals surface area contributed by atoms with Gasteiger partial charge in [0.05, 0.1) is 11.1 Å². The van der Waals surface area contributed by atoms with Gasteiger partial charge in [-0.25, -0.2) is 9.59 Å². The van der Waals surface area contributed by atoms with Crippen LogP contribution in [0, 0.1) is 0 Å². The summed E-state index contributed by atoms with van der Waals surface area (Å²) < 4.78 is 9.52. The fourth-order valence-electron chi connectivity index (χ4n) is 1.17. The summed E-state index contributed by atoms with van der Waals surface area (Å²) in [5.74, 6) is -1.26. The van der Waals surface area contributed by atoms with Crippen LogP contribution in [0.1, 0.15) is 20.7 Å². The lowest BCUT2D eigenvalue weighted by atomic mass is 10.1. The summed E-state index contributed by atoms with van der Waals surface area (Å²) >= 11 is 0. The highest BCUT2D eigenvalue weighted by molar-refractivity contribution is 6.02. The number of carbonyl (C=O) groups excluding carboxylic acids is 1. The van der Waals surface area contributed by atoms with Crippen LogP contribution in [0.3, 0.4) is 0 Å². The van der Waals surface area contributed by atoms with Crippen molar-refractivity contribution in [3.05, 3.63) is 47.4 Å². The molecule has 0 spiro atoms. The second-order valence-electron chi connectivity index (χ2n) is 3.13. The third-order valence-corrected chi connectivity index (χ3v) is 2.01. The largest absolute Gasteiger partial charge is 0.478 e. The molecule has 1 aromatic rings. The van der Waals surface area contributed by atoms with Crippen molar-refractivity contribution in [2.24, 2.45) is 0 Å². The minimum atomic E-state index is -1.16. The second-order valence-corrected chi connectivity index (χ2v) is 3.13. The number of ether oxygens (including phenoxy) is 2. The van der Waals surface area contributed by atoms with Crippen LogP contribution in [0.15, 0.2) is 36.3 Å². The van der Waals surface area contributed by atoms with Crippen molar-refractivity contribution in [2.75, 3.05) is 6.61 Å². The van der Waals surface area contributed by atoms with Crippen LogP contribution in [-0.4, -0.2) is 23.7 Å². The van der Waals surface area contributed by atoms with E-state index in [-0.39, 0.29) is 17.7 Å². The Morgan fingerprint density at radius 1 is 1.25 bits per heavy atom. The average Bonchev–Trinajstić information content (AvgIpc) is 3.09. The molecule has 16 heavy (non-hydrogen) atoms. The topological polar surface area (TPSA) is 76.1 Å². The number of carbonyl (C=O) groups is 2. The summed E-state index contributed by atoms with van der Waals surface area (Å²) in [5, 5.41) is 8.86. The van der Waals surface area contributed by atoms with Crippen molar-refractivity contribution in [1.29, 1.82) is 0 Å². The van der Waals surface area contributed by atoms with Crippen LogP contribution in [0.4, 0.5) is 0 Å². The number of carboxylic acid groups (broad SMARTS) is 1. The van der Waals surface area contributed by atoms with Gasteiger partial charge in [0.1, 0.15) is 6.26 Å². The van der Waals surface area contributed by atoms with Crippen LogP contribution < -0.4 is 0 Å². The maximum absolute atomic E-state index is 11.5. The monoisotopic (exact) mass is 220 g/mol. The number of hydrogen-bond donors (Lipinski definition) is 1. The smallest absolute Gasteiger partial charge is 0.339 e. The van der Waals surface area contributed by atoms with Gasteiger partial charge in [0.25, 0.3) is 0 Å². The van der Waals surface area contributed by atoms with Gasteiger partial charge in [0.15, 0.2) is 12.4 Å². The van der Waals surface area contributed by atoms with Crippen LogP contribution in [0.5, 0.6) is 0 Å². The van der Waals surface area contributed by atoms with Crippen molar-refractivity contribution in [3.8, 4) is 0 Å². The molecule has 0 amide bonds. The van der Waals surface area contributed by atoms with Crippen molar-refractivity contribution in [2.45, 2.75) is 0 Å². The van der Waals surface area contributed by atoms with Crippen LogP contribution in [-0.2, 0) is 9.47 Å². The standard InChI is InChI=1S/C11H8O5/c12-10(13)8-3-1-2-4-9(8)11(14)16-6-7-5-15-7/h1-5H,6H2,(H,12,13). The minimum Gasteiger partial charge on any atom is -0.478 e. The summed E-state index contributed by atoms with van der Waals surface area (Å²) in [6, 6.07) is 5.89. The van der Waals surface area contributed by atoms with Crippen LogP contribution in [0.2, 0.25) is 0 Å². The number of hydrogen-bond acceptors (Lipinski definition) is 4. The molecule has 5 nitrogen and oxygen atoms in total. The van der Waals surface area contributed by atoms with Crippen molar-refractivity contribution in [3.63, 3.8) is 0 Å². The summed E-state index contributed by atoms with van der Waals surface area (Å²) in [7, 11) is 0. The molecule has 1 heterocycles. The van der Waals surface area contributed by atoms with Gasteiger partial charge >= 0.3 is 11.9 Å². The molecule has 1 aliphatic rings. The molecule has 0 aliphatic carbocycles. The first kappa shape index (κ1) is 10.2. The second kappa shape index (κ2) is 4.06. The molecule has 0 fully saturated rings. The number of benzene rings is 1. The predicted octanol–water partition coefficient (Wildman–Crippen LogP) is 1.41. The fourth-order valence-corrected chi connectivity index (χ4v) is 1.17.